The Morgan fingerprint density at radius 2 is 0.742 bits per heavy atom. The van der Waals surface area contributed by atoms with Gasteiger partial charge in [-0.1, -0.05) is 118 Å². The first kappa shape index (κ1) is 58.5. The first-order chi connectivity index (χ1) is 28.3. The SMILES string of the molecule is CCCCP(CCCC)c1cc2ccccc2[cH-]1.CCCCP(CCCC)c1cc2ccccc2[cH-]1.Cc1ccc(C)c2[cH-]ccc12.Cc1ccc(C)c2[cH-]ccc12.[Cl-].[Cl-].[Zr+2].[Zr+2]. The summed E-state index contributed by atoms with van der Waals surface area (Å²) in [5.41, 5.74) is 5.48. The molecule has 0 bridgehead atoms. The maximum absolute atomic E-state index is 2.44. The van der Waals surface area contributed by atoms with Crippen LogP contribution in [0.1, 0.15) is 101 Å². The van der Waals surface area contributed by atoms with E-state index < -0.39 is 0 Å². The van der Waals surface area contributed by atoms with Gasteiger partial charge in [-0.3, -0.25) is 0 Å². The monoisotopic (exact) mass is 1050 g/mol. The fourth-order valence-electron chi connectivity index (χ4n) is 7.84. The third-order valence-corrected chi connectivity index (χ3v) is 17.0. The molecule has 0 aromatic heterocycles. The van der Waals surface area contributed by atoms with Crippen LogP contribution in [-0.2, 0) is 52.4 Å². The van der Waals surface area contributed by atoms with E-state index in [2.05, 4.69) is 189 Å². The van der Waals surface area contributed by atoms with E-state index in [9.17, 15) is 0 Å². The number of aryl methyl sites for hydroxylation is 4. The molecule has 0 radical (unpaired) electrons. The molecule has 0 amide bonds. The quantitative estimate of drug-likeness (QED) is 0.0752. The Kier molecular flexibility index (Phi) is 29.7. The van der Waals surface area contributed by atoms with Crippen molar-refractivity contribution in [3.8, 4) is 0 Å². The van der Waals surface area contributed by atoms with Crippen LogP contribution in [0.25, 0.3) is 43.1 Å². The van der Waals surface area contributed by atoms with E-state index in [1.165, 1.54) is 141 Å². The Morgan fingerprint density at radius 1 is 0.419 bits per heavy atom. The average molecular weight is 1060 g/mol. The predicted octanol–water partition coefficient (Wildman–Crippen LogP) is 10.9. The Morgan fingerprint density at radius 3 is 1.05 bits per heavy atom. The molecule has 328 valence electrons. The van der Waals surface area contributed by atoms with E-state index in [4.69, 9.17) is 0 Å². The van der Waals surface area contributed by atoms with Crippen molar-refractivity contribution in [2.45, 2.75) is 107 Å². The molecular formula is C56H70Cl2P2Zr2-2. The summed E-state index contributed by atoms with van der Waals surface area (Å²) in [5, 5.41) is 14.5. The van der Waals surface area contributed by atoms with Gasteiger partial charge in [0, 0.05) is 0 Å². The van der Waals surface area contributed by atoms with Gasteiger partial charge in [0.2, 0.25) is 0 Å². The van der Waals surface area contributed by atoms with Gasteiger partial charge in [0.1, 0.15) is 0 Å². The van der Waals surface area contributed by atoms with E-state index in [1.54, 1.807) is 10.6 Å². The van der Waals surface area contributed by atoms with Crippen LogP contribution in [0.2, 0.25) is 0 Å². The van der Waals surface area contributed by atoms with Gasteiger partial charge in [-0.2, -0.15) is 36.4 Å². The second kappa shape index (κ2) is 31.4. The summed E-state index contributed by atoms with van der Waals surface area (Å²) < 4.78 is 0. The molecule has 0 saturated heterocycles. The number of rotatable bonds is 14. The molecular weight excluding hydrogens is 988 g/mol. The van der Waals surface area contributed by atoms with Gasteiger partial charge in [-0.25, -0.2) is 0 Å². The predicted molar refractivity (Wildman–Crippen MR) is 269 cm³/mol. The molecule has 0 aliphatic heterocycles. The summed E-state index contributed by atoms with van der Waals surface area (Å²) in [5.74, 6) is 0. The van der Waals surface area contributed by atoms with Crippen LogP contribution in [0, 0.1) is 27.7 Å². The van der Waals surface area contributed by atoms with Gasteiger partial charge < -0.3 is 24.8 Å². The molecule has 0 aliphatic rings. The summed E-state index contributed by atoms with van der Waals surface area (Å²) >= 11 is 0. The zero-order valence-corrected chi connectivity index (χ0v) is 47.1. The molecule has 0 heterocycles. The number of unbranched alkanes of at least 4 members (excludes halogenated alkanes) is 4. The van der Waals surface area contributed by atoms with Crippen molar-refractivity contribution >= 4 is 69.5 Å². The second-order valence-electron chi connectivity index (χ2n) is 16.2. The molecule has 0 saturated carbocycles. The van der Waals surface area contributed by atoms with Crippen LogP contribution in [-0.4, -0.2) is 24.6 Å². The largest absolute Gasteiger partial charge is 2.00 e. The smallest absolute Gasteiger partial charge is 1.00 e. The third-order valence-electron chi connectivity index (χ3n) is 11.6. The Bertz CT molecular complexity index is 2070. The molecule has 0 atom stereocenters. The Labute approximate surface area is 429 Å². The van der Waals surface area contributed by atoms with E-state index >= 15 is 0 Å². The van der Waals surface area contributed by atoms with Crippen LogP contribution in [0.15, 0.2) is 133 Å². The molecule has 6 heteroatoms. The Hall–Kier alpha value is -1.47. The third kappa shape index (κ3) is 17.1. The molecule has 0 fully saturated rings. The fraction of sp³-hybridized carbons (Fsp3) is 0.357. The maximum Gasteiger partial charge on any atom is 2.00 e. The molecule has 8 aromatic rings. The van der Waals surface area contributed by atoms with Gasteiger partial charge in [-0.05, 0) is 64.2 Å². The van der Waals surface area contributed by atoms with Gasteiger partial charge in [0.05, 0.1) is 0 Å². The molecule has 0 N–H and O–H groups in total. The van der Waals surface area contributed by atoms with Crippen molar-refractivity contribution in [3.05, 3.63) is 156 Å². The maximum atomic E-state index is 2.44. The van der Waals surface area contributed by atoms with Crippen LogP contribution in [0.4, 0.5) is 0 Å². The minimum absolute atomic E-state index is 0. The molecule has 8 rings (SSSR count). The van der Waals surface area contributed by atoms with E-state index in [0.717, 1.165) is 0 Å². The molecule has 0 aliphatic carbocycles. The van der Waals surface area contributed by atoms with Crippen molar-refractivity contribution in [3.63, 3.8) is 0 Å². The standard InChI is InChI=1S/2C17H24P.2C11H11.2ClH.2Zr/c2*1-3-5-11-18(12-6-4-2)17-13-15-9-7-8-10-16(15)14-17;2*1-8-6-7-9(2)11-5-3-4-10(8)11;;;;/h2*7-10,13-14H,3-6,11-12H2,1-2H3;2*3-7H,1-2H3;2*1H;;/q4*-1;;;2*+2/p-2. The summed E-state index contributed by atoms with van der Waals surface area (Å²) in [6.45, 7) is 17.8. The first-order valence-corrected chi connectivity index (χ1v) is 25.7. The van der Waals surface area contributed by atoms with Crippen LogP contribution >= 0.6 is 15.8 Å². The van der Waals surface area contributed by atoms with E-state index in [1.807, 2.05) is 0 Å². The van der Waals surface area contributed by atoms with Gasteiger partial charge >= 0.3 is 52.4 Å². The summed E-state index contributed by atoms with van der Waals surface area (Å²) in [6.07, 6.45) is 16.5. The molecule has 62 heavy (non-hydrogen) atoms. The van der Waals surface area contributed by atoms with Crippen molar-refractivity contribution in [1.82, 2.24) is 0 Å². The van der Waals surface area contributed by atoms with E-state index in [-0.39, 0.29) is 93.1 Å². The van der Waals surface area contributed by atoms with Crippen molar-refractivity contribution < 1.29 is 77.2 Å². The van der Waals surface area contributed by atoms with Crippen LogP contribution in [0.3, 0.4) is 0 Å². The van der Waals surface area contributed by atoms with Crippen molar-refractivity contribution in [2.75, 3.05) is 24.6 Å². The van der Waals surface area contributed by atoms with Gasteiger partial charge in [0.25, 0.3) is 0 Å². The summed E-state index contributed by atoms with van der Waals surface area (Å²) in [6, 6.07) is 49.0. The normalized spacial score (nSPS) is 10.5. The van der Waals surface area contributed by atoms with Crippen molar-refractivity contribution in [2.24, 2.45) is 0 Å². The van der Waals surface area contributed by atoms with Crippen LogP contribution in [0.5, 0.6) is 0 Å². The topological polar surface area (TPSA) is 0 Å². The number of halogens is 2. The average Bonchev–Trinajstić information content (AvgIpc) is 4.08. The van der Waals surface area contributed by atoms with Gasteiger partial charge in [0.15, 0.2) is 0 Å². The number of fused-ring (bicyclic) bond motifs is 4. The zero-order valence-electron chi connectivity index (χ0n) is 38.8. The fourth-order valence-corrected chi connectivity index (χ4v) is 13.4. The molecule has 0 spiro atoms. The number of benzene rings is 4. The van der Waals surface area contributed by atoms with Gasteiger partial charge in [-0.15, -0.1) is 138 Å². The molecule has 0 unspecified atom stereocenters. The van der Waals surface area contributed by atoms with Crippen molar-refractivity contribution in [1.29, 1.82) is 0 Å². The summed E-state index contributed by atoms with van der Waals surface area (Å²) in [7, 11) is 0.171. The summed E-state index contributed by atoms with van der Waals surface area (Å²) in [4.78, 5) is 0. The first-order valence-electron chi connectivity index (χ1n) is 22.3. The molecule has 8 aromatic carbocycles. The van der Waals surface area contributed by atoms with Crippen LogP contribution < -0.4 is 35.4 Å². The Balaban J connectivity index is 0.000000414. The molecule has 0 nitrogen and oxygen atoms in total. The zero-order chi connectivity index (χ0) is 41.3. The number of hydrogen-bond acceptors (Lipinski definition) is 0. The minimum Gasteiger partial charge on any atom is -1.00 e. The van der Waals surface area contributed by atoms with E-state index in [0.29, 0.717) is 0 Å². The number of hydrogen-bond donors (Lipinski definition) is 0. The minimum atomic E-state index is 0. The second-order valence-corrected chi connectivity index (χ2v) is 21.2.